The van der Waals surface area contributed by atoms with Gasteiger partial charge in [-0.3, -0.25) is 4.98 Å². The zero-order chi connectivity index (χ0) is 13.7. The van der Waals surface area contributed by atoms with E-state index in [1.54, 1.807) is 6.20 Å². The fraction of sp³-hybridized carbons (Fsp3) is 0.667. The van der Waals surface area contributed by atoms with Crippen LogP contribution < -0.4 is 11.1 Å². The molecule has 1 aliphatic rings. The maximum atomic E-state index is 6.11. The maximum Gasteiger partial charge on any atom is 0.0799 e. The summed E-state index contributed by atoms with van der Waals surface area (Å²) in [6.45, 7) is 5.93. The standard InChI is InChI=1S/C15H25N3O/c1-3-8-18-14(12-10-17-9-7-13(12)16)15(19-4-2)11-5-6-11/h7,9-11,14-15,18H,3-6,8H2,1-2H3,(H2,16,17). The third-order valence-electron chi connectivity index (χ3n) is 3.61. The molecule has 4 nitrogen and oxygen atoms in total. The van der Waals surface area contributed by atoms with Crippen LogP contribution in [-0.4, -0.2) is 24.2 Å². The highest BCUT2D eigenvalue weighted by Gasteiger charge is 2.38. The average Bonchev–Trinajstić information content (AvgIpc) is 3.24. The number of nitrogens with two attached hydrogens (primary N) is 1. The number of anilines is 1. The summed E-state index contributed by atoms with van der Waals surface area (Å²) in [7, 11) is 0. The smallest absolute Gasteiger partial charge is 0.0799 e. The quantitative estimate of drug-likeness (QED) is 0.756. The molecule has 3 N–H and O–H groups in total. The van der Waals surface area contributed by atoms with E-state index in [0.29, 0.717) is 5.92 Å². The van der Waals surface area contributed by atoms with Crippen LogP contribution in [0.3, 0.4) is 0 Å². The van der Waals surface area contributed by atoms with Crippen LogP contribution in [-0.2, 0) is 4.74 Å². The largest absolute Gasteiger partial charge is 0.398 e. The first-order valence-electron chi connectivity index (χ1n) is 7.32. The summed E-state index contributed by atoms with van der Waals surface area (Å²) >= 11 is 0. The van der Waals surface area contributed by atoms with Crippen molar-refractivity contribution in [1.82, 2.24) is 10.3 Å². The molecule has 1 aromatic rings. The van der Waals surface area contributed by atoms with Crippen LogP contribution in [0.25, 0.3) is 0 Å². The highest BCUT2D eigenvalue weighted by atomic mass is 16.5. The number of rotatable bonds is 8. The number of ether oxygens (including phenoxy) is 1. The first kappa shape index (κ1) is 14.3. The second kappa shape index (κ2) is 6.87. The lowest BCUT2D eigenvalue weighted by Crippen LogP contribution is -2.36. The van der Waals surface area contributed by atoms with Gasteiger partial charge in [-0.15, -0.1) is 0 Å². The van der Waals surface area contributed by atoms with E-state index in [0.717, 1.165) is 30.8 Å². The predicted molar refractivity (Wildman–Crippen MR) is 77.8 cm³/mol. The molecule has 4 heteroatoms. The highest BCUT2D eigenvalue weighted by molar-refractivity contribution is 5.46. The minimum Gasteiger partial charge on any atom is -0.398 e. The van der Waals surface area contributed by atoms with Gasteiger partial charge in [0.05, 0.1) is 12.1 Å². The molecule has 2 rings (SSSR count). The van der Waals surface area contributed by atoms with Crippen LogP contribution >= 0.6 is 0 Å². The van der Waals surface area contributed by atoms with E-state index >= 15 is 0 Å². The van der Waals surface area contributed by atoms with Crippen molar-refractivity contribution in [1.29, 1.82) is 0 Å². The Bertz CT molecular complexity index is 393. The van der Waals surface area contributed by atoms with E-state index in [1.165, 1.54) is 12.8 Å². The molecule has 0 aromatic carbocycles. The minimum absolute atomic E-state index is 0.154. The Morgan fingerprint density at radius 1 is 1.47 bits per heavy atom. The van der Waals surface area contributed by atoms with Crippen molar-refractivity contribution >= 4 is 5.69 Å². The molecule has 0 aliphatic heterocycles. The summed E-state index contributed by atoms with van der Waals surface area (Å²) in [5.74, 6) is 0.661. The van der Waals surface area contributed by atoms with Gasteiger partial charge in [0, 0.05) is 30.3 Å². The second-order valence-electron chi connectivity index (χ2n) is 5.19. The highest BCUT2D eigenvalue weighted by Crippen LogP contribution is 2.40. The van der Waals surface area contributed by atoms with E-state index in [4.69, 9.17) is 10.5 Å². The molecular weight excluding hydrogens is 238 g/mol. The Kier molecular flexibility index (Phi) is 5.16. The Balaban J connectivity index is 2.20. The Hall–Kier alpha value is -1.13. The van der Waals surface area contributed by atoms with E-state index < -0.39 is 0 Å². The molecular formula is C15H25N3O. The number of nitrogen functional groups attached to an aromatic ring is 1. The maximum absolute atomic E-state index is 6.11. The number of aromatic nitrogens is 1. The third-order valence-corrected chi connectivity index (χ3v) is 3.61. The topological polar surface area (TPSA) is 60.2 Å². The predicted octanol–water partition coefficient (Wildman–Crippen LogP) is 2.52. The van der Waals surface area contributed by atoms with E-state index in [2.05, 4.69) is 24.1 Å². The SMILES string of the molecule is CCCNC(c1cnccc1N)C(OCC)C1CC1. The molecule has 1 saturated carbocycles. The summed E-state index contributed by atoms with van der Waals surface area (Å²) in [5, 5.41) is 3.59. The Morgan fingerprint density at radius 3 is 2.84 bits per heavy atom. The molecule has 2 atom stereocenters. The molecule has 1 fully saturated rings. The summed E-state index contributed by atoms with van der Waals surface area (Å²) in [6, 6.07) is 2.02. The molecule has 106 valence electrons. The van der Waals surface area contributed by atoms with Crippen molar-refractivity contribution in [2.45, 2.75) is 45.3 Å². The summed E-state index contributed by atoms with van der Waals surface area (Å²) in [6.07, 6.45) is 7.44. The van der Waals surface area contributed by atoms with Crippen molar-refractivity contribution in [2.75, 3.05) is 18.9 Å². The lowest BCUT2D eigenvalue weighted by molar-refractivity contribution is 0.0187. The Labute approximate surface area is 115 Å². The Morgan fingerprint density at radius 2 is 2.26 bits per heavy atom. The van der Waals surface area contributed by atoms with Gasteiger partial charge in [-0.25, -0.2) is 0 Å². The second-order valence-corrected chi connectivity index (χ2v) is 5.19. The molecule has 2 unspecified atom stereocenters. The third kappa shape index (κ3) is 3.67. The number of pyridine rings is 1. The van der Waals surface area contributed by atoms with Crippen molar-refractivity contribution in [3.05, 3.63) is 24.0 Å². The first-order valence-corrected chi connectivity index (χ1v) is 7.32. The van der Waals surface area contributed by atoms with Gasteiger partial charge < -0.3 is 15.8 Å². The zero-order valence-corrected chi connectivity index (χ0v) is 11.9. The molecule has 0 radical (unpaired) electrons. The van der Waals surface area contributed by atoms with Crippen LogP contribution in [0.4, 0.5) is 5.69 Å². The van der Waals surface area contributed by atoms with Gasteiger partial charge in [-0.2, -0.15) is 0 Å². The van der Waals surface area contributed by atoms with Crippen molar-refractivity contribution < 1.29 is 4.74 Å². The zero-order valence-electron chi connectivity index (χ0n) is 11.9. The van der Waals surface area contributed by atoms with Crippen LogP contribution in [0.2, 0.25) is 0 Å². The average molecular weight is 263 g/mol. The van der Waals surface area contributed by atoms with Crippen LogP contribution in [0, 0.1) is 5.92 Å². The van der Waals surface area contributed by atoms with Gasteiger partial charge >= 0.3 is 0 Å². The van der Waals surface area contributed by atoms with Gasteiger partial charge in [0.15, 0.2) is 0 Å². The number of hydrogen-bond donors (Lipinski definition) is 2. The van der Waals surface area contributed by atoms with Gasteiger partial charge in [0.25, 0.3) is 0 Å². The molecule has 0 saturated heterocycles. The lowest BCUT2D eigenvalue weighted by Gasteiger charge is -2.29. The molecule has 1 aromatic heterocycles. The molecule has 0 spiro atoms. The van der Waals surface area contributed by atoms with Crippen LogP contribution in [0.5, 0.6) is 0 Å². The first-order chi connectivity index (χ1) is 9.27. The lowest BCUT2D eigenvalue weighted by atomic mass is 9.98. The fourth-order valence-electron chi connectivity index (χ4n) is 2.50. The van der Waals surface area contributed by atoms with Gasteiger partial charge in [-0.1, -0.05) is 6.92 Å². The number of hydrogen-bond acceptors (Lipinski definition) is 4. The van der Waals surface area contributed by atoms with E-state index in [-0.39, 0.29) is 12.1 Å². The van der Waals surface area contributed by atoms with E-state index in [1.807, 2.05) is 12.3 Å². The minimum atomic E-state index is 0.154. The van der Waals surface area contributed by atoms with Crippen molar-refractivity contribution in [3.63, 3.8) is 0 Å². The summed E-state index contributed by atoms with van der Waals surface area (Å²) < 4.78 is 5.99. The molecule has 0 bridgehead atoms. The van der Waals surface area contributed by atoms with E-state index in [9.17, 15) is 0 Å². The monoisotopic (exact) mass is 263 g/mol. The molecule has 19 heavy (non-hydrogen) atoms. The summed E-state index contributed by atoms with van der Waals surface area (Å²) in [5.41, 5.74) is 7.98. The van der Waals surface area contributed by atoms with Gasteiger partial charge in [-0.05, 0) is 44.7 Å². The fourth-order valence-corrected chi connectivity index (χ4v) is 2.50. The van der Waals surface area contributed by atoms with Crippen molar-refractivity contribution in [3.8, 4) is 0 Å². The number of nitrogens with zero attached hydrogens (tertiary/aromatic N) is 1. The molecule has 0 amide bonds. The molecule has 1 heterocycles. The van der Waals surface area contributed by atoms with Gasteiger partial charge in [0.1, 0.15) is 0 Å². The summed E-state index contributed by atoms with van der Waals surface area (Å²) in [4.78, 5) is 4.22. The van der Waals surface area contributed by atoms with Gasteiger partial charge in [0.2, 0.25) is 0 Å². The number of nitrogens with one attached hydrogen (secondary N) is 1. The molecule has 1 aliphatic carbocycles. The van der Waals surface area contributed by atoms with Crippen molar-refractivity contribution in [2.24, 2.45) is 5.92 Å². The van der Waals surface area contributed by atoms with Crippen LogP contribution in [0.15, 0.2) is 18.5 Å². The van der Waals surface area contributed by atoms with Crippen LogP contribution in [0.1, 0.15) is 44.7 Å². The normalized spacial score (nSPS) is 18.2.